The SMILES string of the molecule is CCOc1ccccc1CCC(=O)N1CC(n2cc(C3CC3)nn2)C1. The highest BCUT2D eigenvalue weighted by atomic mass is 16.5. The fourth-order valence-corrected chi connectivity index (χ4v) is 3.27. The van der Waals surface area contributed by atoms with Crippen LogP contribution in [0.2, 0.25) is 0 Å². The maximum atomic E-state index is 12.4. The van der Waals surface area contributed by atoms with Gasteiger partial charge in [-0.1, -0.05) is 23.4 Å². The van der Waals surface area contributed by atoms with Crippen LogP contribution in [0.25, 0.3) is 0 Å². The molecule has 2 aromatic rings. The monoisotopic (exact) mass is 340 g/mol. The number of hydrogen-bond acceptors (Lipinski definition) is 4. The van der Waals surface area contributed by atoms with Crippen LogP contribution in [0.3, 0.4) is 0 Å². The van der Waals surface area contributed by atoms with Gasteiger partial charge in [0, 0.05) is 31.6 Å². The minimum atomic E-state index is 0.199. The molecule has 4 rings (SSSR count). The van der Waals surface area contributed by atoms with Gasteiger partial charge in [-0.15, -0.1) is 5.10 Å². The fraction of sp³-hybridized carbons (Fsp3) is 0.526. The third kappa shape index (κ3) is 3.52. The van der Waals surface area contributed by atoms with E-state index in [0.29, 0.717) is 25.4 Å². The number of carbonyl (C=O) groups is 1. The first kappa shape index (κ1) is 16.1. The van der Waals surface area contributed by atoms with Crippen molar-refractivity contribution in [3.8, 4) is 5.75 Å². The predicted molar refractivity (Wildman–Crippen MR) is 93.5 cm³/mol. The summed E-state index contributed by atoms with van der Waals surface area (Å²) in [6, 6.07) is 8.23. The number of amides is 1. The molecule has 1 amide bonds. The molecule has 2 heterocycles. The first-order valence-corrected chi connectivity index (χ1v) is 9.14. The molecule has 25 heavy (non-hydrogen) atoms. The first-order valence-electron chi connectivity index (χ1n) is 9.14. The highest BCUT2D eigenvalue weighted by molar-refractivity contribution is 5.77. The number of benzene rings is 1. The van der Waals surface area contributed by atoms with Gasteiger partial charge in [0.25, 0.3) is 0 Å². The maximum absolute atomic E-state index is 12.4. The minimum absolute atomic E-state index is 0.199. The number of aromatic nitrogens is 3. The Morgan fingerprint density at radius 1 is 1.28 bits per heavy atom. The van der Waals surface area contributed by atoms with Crippen LogP contribution in [-0.4, -0.2) is 45.5 Å². The summed E-state index contributed by atoms with van der Waals surface area (Å²) in [5.41, 5.74) is 2.21. The lowest BCUT2D eigenvalue weighted by molar-refractivity contribution is -0.137. The minimum Gasteiger partial charge on any atom is -0.494 e. The molecule has 1 aliphatic carbocycles. The summed E-state index contributed by atoms with van der Waals surface area (Å²) < 4.78 is 7.56. The zero-order valence-electron chi connectivity index (χ0n) is 14.6. The number of hydrogen-bond donors (Lipinski definition) is 0. The Labute approximate surface area is 147 Å². The van der Waals surface area contributed by atoms with E-state index >= 15 is 0 Å². The van der Waals surface area contributed by atoms with Gasteiger partial charge in [-0.2, -0.15) is 0 Å². The van der Waals surface area contributed by atoms with Crippen LogP contribution in [0.5, 0.6) is 5.75 Å². The van der Waals surface area contributed by atoms with Gasteiger partial charge < -0.3 is 9.64 Å². The van der Waals surface area contributed by atoms with Crippen LogP contribution in [-0.2, 0) is 11.2 Å². The van der Waals surface area contributed by atoms with E-state index in [1.54, 1.807) is 0 Å². The second-order valence-electron chi connectivity index (χ2n) is 6.89. The second-order valence-corrected chi connectivity index (χ2v) is 6.89. The standard InChI is InChI=1S/C19H24N4O2/c1-2-25-18-6-4-3-5-15(18)9-10-19(24)22-11-16(12-22)23-13-17(20-21-23)14-7-8-14/h3-6,13-14,16H,2,7-12H2,1H3. The molecule has 0 radical (unpaired) electrons. The summed E-state index contributed by atoms with van der Waals surface area (Å²) in [7, 11) is 0. The van der Waals surface area contributed by atoms with E-state index in [4.69, 9.17) is 4.74 Å². The Bertz CT molecular complexity index is 747. The van der Waals surface area contributed by atoms with Gasteiger partial charge in [0.15, 0.2) is 0 Å². The molecule has 0 N–H and O–H groups in total. The number of para-hydroxylation sites is 1. The van der Waals surface area contributed by atoms with Gasteiger partial charge in [-0.25, -0.2) is 4.68 Å². The lowest BCUT2D eigenvalue weighted by Gasteiger charge is -2.39. The lowest BCUT2D eigenvalue weighted by Crippen LogP contribution is -2.51. The molecule has 2 fully saturated rings. The van der Waals surface area contributed by atoms with E-state index in [-0.39, 0.29) is 11.9 Å². The summed E-state index contributed by atoms with van der Waals surface area (Å²) in [5.74, 6) is 1.71. The van der Waals surface area contributed by atoms with Gasteiger partial charge in [-0.05, 0) is 37.8 Å². The van der Waals surface area contributed by atoms with Crippen LogP contribution in [0.4, 0.5) is 0 Å². The van der Waals surface area contributed by atoms with Gasteiger partial charge >= 0.3 is 0 Å². The summed E-state index contributed by atoms with van der Waals surface area (Å²) in [4.78, 5) is 14.3. The third-order valence-electron chi connectivity index (χ3n) is 4.99. The quantitative estimate of drug-likeness (QED) is 0.777. The molecule has 0 atom stereocenters. The molecule has 2 aliphatic rings. The van der Waals surface area contributed by atoms with E-state index in [1.807, 2.05) is 40.8 Å². The van der Waals surface area contributed by atoms with Crippen molar-refractivity contribution in [2.24, 2.45) is 0 Å². The molecule has 1 saturated carbocycles. The van der Waals surface area contributed by atoms with E-state index in [2.05, 4.69) is 16.5 Å². The van der Waals surface area contributed by atoms with Gasteiger partial charge in [0.1, 0.15) is 5.75 Å². The predicted octanol–water partition coefficient (Wildman–Crippen LogP) is 2.57. The summed E-state index contributed by atoms with van der Waals surface area (Å²) in [5, 5.41) is 8.48. The van der Waals surface area contributed by atoms with Gasteiger partial charge in [0.05, 0.1) is 18.3 Å². The Hall–Kier alpha value is -2.37. The molecule has 0 bridgehead atoms. The molecule has 0 unspecified atom stereocenters. The Morgan fingerprint density at radius 3 is 2.84 bits per heavy atom. The summed E-state index contributed by atoms with van der Waals surface area (Å²) in [6.07, 6.45) is 5.75. The van der Waals surface area contributed by atoms with Crippen LogP contribution >= 0.6 is 0 Å². The van der Waals surface area contributed by atoms with Crippen molar-refractivity contribution in [3.63, 3.8) is 0 Å². The van der Waals surface area contributed by atoms with Crippen LogP contribution < -0.4 is 4.74 Å². The number of likely N-dealkylation sites (tertiary alicyclic amines) is 1. The van der Waals surface area contributed by atoms with E-state index in [9.17, 15) is 4.79 Å². The molecule has 6 nitrogen and oxygen atoms in total. The lowest BCUT2D eigenvalue weighted by atomic mass is 10.0. The molecular formula is C19H24N4O2. The Balaban J connectivity index is 1.27. The van der Waals surface area contributed by atoms with Gasteiger partial charge in [0.2, 0.25) is 5.91 Å². The molecule has 6 heteroatoms. The van der Waals surface area contributed by atoms with Crippen molar-refractivity contribution in [3.05, 3.63) is 41.7 Å². The Morgan fingerprint density at radius 2 is 2.08 bits per heavy atom. The summed E-state index contributed by atoms with van der Waals surface area (Å²) >= 11 is 0. The molecule has 1 aliphatic heterocycles. The van der Waals surface area contributed by atoms with Crippen molar-refractivity contribution in [1.29, 1.82) is 0 Å². The van der Waals surface area contributed by atoms with Crippen molar-refractivity contribution in [2.75, 3.05) is 19.7 Å². The van der Waals surface area contributed by atoms with E-state index in [0.717, 1.165) is 30.1 Å². The number of nitrogens with zero attached hydrogens (tertiary/aromatic N) is 4. The second kappa shape index (κ2) is 6.86. The Kier molecular flexibility index (Phi) is 4.42. The fourth-order valence-electron chi connectivity index (χ4n) is 3.27. The first-order chi connectivity index (χ1) is 12.2. The topological polar surface area (TPSA) is 60.2 Å². The van der Waals surface area contributed by atoms with E-state index in [1.165, 1.54) is 12.8 Å². The van der Waals surface area contributed by atoms with Crippen LogP contribution in [0.1, 0.15) is 49.4 Å². The number of rotatable bonds is 7. The smallest absolute Gasteiger partial charge is 0.223 e. The van der Waals surface area contributed by atoms with Crippen molar-refractivity contribution in [2.45, 2.75) is 44.6 Å². The van der Waals surface area contributed by atoms with Crippen LogP contribution in [0.15, 0.2) is 30.5 Å². The van der Waals surface area contributed by atoms with Crippen LogP contribution in [0, 0.1) is 0 Å². The molecule has 1 saturated heterocycles. The van der Waals surface area contributed by atoms with Gasteiger partial charge in [-0.3, -0.25) is 4.79 Å². The average molecular weight is 340 g/mol. The maximum Gasteiger partial charge on any atom is 0.223 e. The number of aryl methyl sites for hydroxylation is 1. The zero-order chi connectivity index (χ0) is 17.2. The number of carbonyl (C=O) groups excluding carboxylic acids is 1. The number of ether oxygens (including phenoxy) is 1. The van der Waals surface area contributed by atoms with Crippen molar-refractivity contribution >= 4 is 5.91 Å². The average Bonchev–Trinajstić information content (AvgIpc) is 3.32. The van der Waals surface area contributed by atoms with E-state index < -0.39 is 0 Å². The molecule has 0 spiro atoms. The third-order valence-corrected chi connectivity index (χ3v) is 4.99. The molecule has 1 aromatic carbocycles. The zero-order valence-corrected chi connectivity index (χ0v) is 14.6. The van der Waals surface area contributed by atoms with Crippen molar-refractivity contribution in [1.82, 2.24) is 19.9 Å². The highest BCUT2D eigenvalue weighted by Gasteiger charge is 2.34. The molecule has 132 valence electrons. The van der Waals surface area contributed by atoms with Crippen molar-refractivity contribution < 1.29 is 9.53 Å². The molecule has 1 aromatic heterocycles. The highest BCUT2D eigenvalue weighted by Crippen LogP contribution is 2.39. The normalized spacial score (nSPS) is 17.4. The molecular weight excluding hydrogens is 316 g/mol. The summed E-state index contributed by atoms with van der Waals surface area (Å²) in [6.45, 7) is 4.08. The largest absolute Gasteiger partial charge is 0.494 e.